The molecule has 0 aliphatic carbocycles. The quantitative estimate of drug-likeness (QED) is 0.886. The van der Waals surface area contributed by atoms with Crippen LogP contribution < -0.4 is 5.32 Å². The van der Waals surface area contributed by atoms with Gasteiger partial charge in [0, 0.05) is 15.8 Å². The Morgan fingerprint density at radius 1 is 1.17 bits per heavy atom. The second-order valence-corrected chi connectivity index (χ2v) is 4.78. The molecule has 0 bridgehead atoms. The highest BCUT2D eigenvalue weighted by molar-refractivity contribution is 9.10. The highest BCUT2D eigenvalue weighted by Gasteiger charge is 2.02. The van der Waals surface area contributed by atoms with Gasteiger partial charge in [0.2, 0.25) is 0 Å². The molecule has 0 aromatic heterocycles. The molecule has 0 heterocycles. The van der Waals surface area contributed by atoms with E-state index < -0.39 is 5.82 Å². The van der Waals surface area contributed by atoms with Crippen molar-refractivity contribution in [2.24, 2.45) is 0 Å². The van der Waals surface area contributed by atoms with Crippen LogP contribution in [0.15, 0.2) is 40.9 Å². The van der Waals surface area contributed by atoms with Crippen LogP contribution >= 0.6 is 15.9 Å². The van der Waals surface area contributed by atoms with E-state index in [1.54, 1.807) is 6.07 Å². The van der Waals surface area contributed by atoms with Gasteiger partial charge in [-0.1, -0.05) is 15.9 Å². The first-order valence-corrected chi connectivity index (χ1v) is 6.11. The molecule has 0 aliphatic rings. The van der Waals surface area contributed by atoms with Crippen molar-refractivity contribution in [2.75, 3.05) is 5.32 Å². The Kier molecular flexibility index (Phi) is 3.63. The van der Waals surface area contributed by atoms with Gasteiger partial charge in [0.1, 0.15) is 5.82 Å². The number of hydrogen-bond acceptors (Lipinski definition) is 2. The number of aryl methyl sites for hydroxylation is 1. The molecule has 4 heteroatoms. The summed E-state index contributed by atoms with van der Waals surface area (Å²) in [6.45, 7) is 1.97. The van der Waals surface area contributed by atoms with E-state index >= 15 is 0 Å². The Labute approximate surface area is 113 Å². The molecule has 0 spiro atoms. The lowest BCUT2D eigenvalue weighted by molar-refractivity contribution is 0.628. The zero-order valence-electron chi connectivity index (χ0n) is 9.67. The number of benzene rings is 2. The van der Waals surface area contributed by atoms with Crippen molar-refractivity contribution in [1.29, 1.82) is 5.26 Å². The summed E-state index contributed by atoms with van der Waals surface area (Å²) in [5, 5.41) is 11.9. The van der Waals surface area contributed by atoms with Crippen LogP contribution in [0.2, 0.25) is 0 Å². The van der Waals surface area contributed by atoms with Gasteiger partial charge in [0.15, 0.2) is 0 Å². The van der Waals surface area contributed by atoms with E-state index in [2.05, 4.69) is 21.2 Å². The largest absolute Gasteiger partial charge is 0.355 e. The Hall–Kier alpha value is -1.86. The molecule has 2 aromatic carbocycles. The Bertz CT molecular complexity index is 632. The third kappa shape index (κ3) is 2.88. The number of nitriles is 1. The highest BCUT2D eigenvalue weighted by atomic mass is 79.9. The molecule has 0 unspecified atom stereocenters. The first kappa shape index (κ1) is 12.6. The standard InChI is InChI=1S/C14H10BrFN2/c1-9-4-12(2-3-14(9)15)18-13-6-10(8-17)5-11(16)7-13/h2-7,18H,1H3. The molecule has 0 fully saturated rings. The summed E-state index contributed by atoms with van der Waals surface area (Å²) < 4.78 is 14.3. The number of rotatable bonds is 2. The average molecular weight is 305 g/mol. The second kappa shape index (κ2) is 5.19. The van der Waals surface area contributed by atoms with Gasteiger partial charge in [-0.15, -0.1) is 0 Å². The summed E-state index contributed by atoms with van der Waals surface area (Å²) in [6, 6.07) is 11.9. The SMILES string of the molecule is Cc1cc(Nc2cc(F)cc(C#N)c2)ccc1Br. The molecule has 0 amide bonds. The van der Waals surface area contributed by atoms with Crippen LogP contribution in [-0.4, -0.2) is 0 Å². The molecular formula is C14H10BrFN2. The Morgan fingerprint density at radius 2 is 1.94 bits per heavy atom. The molecule has 0 atom stereocenters. The van der Waals surface area contributed by atoms with Gasteiger partial charge in [-0.3, -0.25) is 0 Å². The van der Waals surface area contributed by atoms with E-state index in [-0.39, 0.29) is 0 Å². The summed E-state index contributed by atoms with van der Waals surface area (Å²) in [5.41, 5.74) is 2.79. The predicted molar refractivity (Wildman–Crippen MR) is 73.3 cm³/mol. The van der Waals surface area contributed by atoms with Gasteiger partial charge in [-0.2, -0.15) is 5.26 Å². The van der Waals surface area contributed by atoms with E-state index in [4.69, 9.17) is 5.26 Å². The number of hydrogen-bond donors (Lipinski definition) is 1. The van der Waals surface area contributed by atoms with Crippen molar-refractivity contribution in [1.82, 2.24) is 0 Å². The minimum Gasteiger partial charge on any atom is -0.355 e. The van der Waals surface area contributed by atoms with Crippen LogP contribution in [0.5, 0.6) is 0 Å². The van der Waals surface area contributed by atoms with Crippen LogP contribution in [0.3, 0.4) is 0 Å². The molecule has 0 saturated carbocycles. The van der Waals surface area contributed by atoms with Crippen LogP contribution in [0.4, 0.5) is 15.8 Å². The van der Waals surface area contributed by atoms with Gasteiger partial charge >= 0.3 is 0 Å². The summed E-state index contributed by atoms with van der Waals surface area (Å²) in [4.78, 5) is 0. The summed E-state index contributed by atoms with van der Waals surface area (Å²) >= 11 is 3.42. The fourth-order valence-corrected chi connectivity index (χ4v) is 1.86. The van der Waals surface area contributed by atoms with Crippen molar-refractivity contribution >= 4 is 27.3 Å². The maximum Gasteiger partial charge on any atom is 0.126 e. The van der Waals surface area contributed by atoms with Crippen molar-refractivity contribution in [2.45, 2.75) is 6.92 Å². The summed E-state index contributed by atoms with van der Waals surface area (Å²) in [7, 11) is 0. The molecule has 0 aliphatic heterocycles. The summed E-state index contributed by atoms with van der Waals surface area (Å²) in [5.74, 6) is -0.426. The molecule has 0 radical (unpaired) electrons. The van der Waals surface area contributed by atoms with Gasteiger partial charge < -0.3 is 5.32 Å². The van der Waals surface area contributed by atoms with Gasteiger partial charge in [-0.05, 0) is 48.9 Å². The van der Waals surface area contributed by atoms with Crippen LogP contribution in [0.1, 0.15) is 11.1 Å². The minimum atomic E-state index is -0.426. The molecule has 2 rings (SSSR count). The third-order valence-electron chi connectivity index (χ3n) is 2.47. The van der Waals surface area contributed by atoms with Gasteiger partial charge in [0.25, 0.3) is 0 Å². The third-order valence-corrected chi connectivity index (χ3v) is 3.36. The lowest BCUT2D eigenvalue weighted by Gasteiger charge is -2.08. The minimum absolute atomic E-state index is 0.298. The van der Waals surface area contributed by atoms with Gasteiger partial charge in [-0.25, -0.2) is 4.39 Å². The molecule has 90 valence electrons. The highest BCUT2D eigenvalue weighted by Crippen LogP contribution is 2.24. The number of anilines is 2. The van der Waals surface area contributed by atoms with Crippen LogP contribution in [0, 0.1) is 24.1 Å². The van der Waals surface area contributed by atoms with Crippen molar-refractivity contribution < 1.29 is 4.39 Å². The van der Waals surface area contributed by atoms with Crippen molar-refractivity contribution in [3.05, 3.63) is 57.8 Å². The Balaban J connectivity index is 2.31. The molecular weight excluding hydrogens is 295 g/mol. The maximum absolute atomic E-state index is 13.3. The normalized spacial score (nSPS) is 9.89. The van der Waals surface area contributed by atoms with E-state index in [1.807, 2.05) is 31.2 Å². The number of halogens is 2. The average Bonchev–Trinajstić information content (AvgIpc) is 2.33. The maximum atomic E-state index is 13.3. The molecule has 18 heavy (non-hydrogen) atoms. The van der Waals surface area contributed by atoms with E-state index in [0.29, 0.717) is 11.3 Å². The topological polar surface area (TPSA) is 35.8 Å². The fraction of sp³-hybridized carbons (Fsp3) is 0.0714. The van der Waals surface area contributed by atoms with Gasteiger partial charge in [0.05, 0.1) is 11.6 Å². The zero-order valence-corrected chi connectivity index (χ0v) is 11.3. The van der Waals surface area contributed by atoms with Crippen molar-refractivity contribution in [3.63, 3.8) is 0 Å². The lowest BCUT2D eigenvalue weighted by atomic mass is 10.2. The first-order chi connectivity index (χ1) is 8.58. The van der Waals surface area contributed by atoms with E-state index in [1.165, 1.54) is 12.1 Å². The monoisotopic (exact) mass is 304 g/mol. The lowest BCUT2D eigenvalue weighted by Crippen LogP contribution is -1.93. The molecule has 2 nitrogen and oxygen atoms in total. The van der Waals surface area contributed by atoms with Crippen LogP contribution in [0.25, 0.3) is 0 Å². The molecule has 2 aromatic rings. The zero-order chi connectivity index (χ0) is 13.1. The number of nitrogens with one attached hydrogen (secondary N) is 1. The van der Waals surface area contributed by atoms with Crippen LogP contribution in [-0.2, 0) is 0 Å². The number of nitrogens with zero attached hydrogens (tertiary/aromatic N) is 1. The van der Waals surface area contributed by atoms with Crippen molar-refractivity contribution in [3.8, 4) is 6.07 Å². The smallest absolute Gasteiger partial charge is 0.126 e. The Morgan fingerprint density at radius 3 is 2.61 bits per heavy atom. The van der Waals surface area contributed by atoms with E-state index in [9.17, 15) is 4.39 Å². The second-order valence-electron chi connectivity index (χ2n) is 3.93. The van der Waals surface area contributed by atoms with E-state index in [0.717, 1.165) is 15.7 Å². The predicted octanol–water partition coefficient (Wildman–Crippen LogP) is 4.51. The fourth-order valence-electron chi connectivity index (χ4n) is 1.62. The summed E-state index contributed by atoms with van der Waals surface area (Å²) in [6.07, 6.45) is 0. The first-order valence-electron chi connectivity index (χ1n) is 5.32. The molecule has 0 saturated heterocycles. The molecule has 1 N–H and O–H groups in total.